The summed E-state index contributed by atoms with van der Waals surface area (Å²) >= 11 is 11.4. The summed E-state index contributed by atoms with van der Waals surface area (Å²) in [4.78, 5) is 10.8. The molecule has 3 nitrogen and oxygen atoms in total. The van der Waals surface area contributed by atoms with E-state index in [9.17, 15) is 4.79 Å². The number of rotatable bonds is 5. The van der Waals surface area contributed by atoms with Gasteiger partial charge in [-0.05, 0) is 13.3 Å². The number of carbonyl (C=O) groups excluding carboxylic acids is 1. The minimum Gasteiger partial charge on any atom is -0.434 e. The summed E-state index contributed by atoms with van der Waals surface area (Å²) < 4.78 is 9.35. The first-order chi connectivity index (χ1) is 6.07. The molecule has 0 bridgehead atoms. The lowest BCUT2D eigenvalue weighted by atomic mass is 10.3. The van der Waals surface area contributed by atoms with Crippen LogP contribution in [0.1, 0.15) is 20.3 Å². The zero-order valence-corrected chi connectivity index (χ0v) is 9.27. The molecule has 13 heavy (non-hydrogen) atoms. The second kappa shape index (κ2) is 7.27. The molecule has 5 heteroatoms. The standard InChI is InChI=1S/C8H14Cl2O3/c1-3-4-12-8(11)13-5-7(10)6(2)9/h6-7H,3-5H2,1-2H3. The lowest BCUT2D eigenvalue weighted by molar-refractivity contribution is 0.0553. The van der Waals surface area contributed by atoms with Crippen LogP contribution in [0.3, 0.4) is 0 Å². The van der Waals surface area contributed by atoms with Crippen LogP contribution >= 0.6 is 23.2 Å². The second-order valence-corrected chi connectivity index (χ2v) is 3.85. The largest absolute Gasteiger partial charge is 0.508 e. The molecule has 0 spiro atoms. The molecule has 0 aromatic rings. The summed E-state index contributed by atoms with van der Waals surface area (Å²) in [6.07, 6.45) is 0.0792. The second-order valence-electron chi connectivity index (χ2n) is 2.60. The molecule has 2 unspecified atom stereocenters. The fourth-order valence-corrected chi connectivity index (χ4v) is 0.643. The maximum Gasteiger partial charge on any atom is 0.508 e. The van der Waals surface area contributed by atoms with Crippen LogP contribution in [0.5, 0.6) is 0 Å². The third-order valence-corrected chi connectivity index (χ3v) is 2.22. The highest BCUT2D eigenvalue weighted by molar-refractivity contribution is 6.29. The molecule has 0 saturated carbocycles. The van der Waals surface area contributed by atoms with Crippen molar-refractivity contribution in [3.05, 3.63) is 0 Å². The van der Waals surface area contributed by atoms with Gasteiger partial charge in [0.2, 0.25) is 0 Å². The van der Waals surface area contributed by atoms with Crippen molar-refractivity contribution in [1.82, 2.24) is 0 Å². The molecule has 0 rings (SSSR count). The average Bonchev–Trinajstić information content (AvgIpc) is 2.10. The van der Waals surface area contributed by atoms with Crippen molar-refractivity contribution in [2.75, 3.05) is 13.2 Å². The predicted octanol–water partition coefficient (Wildman–Crippen LogP) is 2.78. The van der Waals surface area contributed by atoms with Gasteiger partial charge >= 0.3 is 6.16 Å². The highest BCUT2D eigenvalue weighted by atomic mass is 35.5. The van der Waals surface area contributed by atoms with Crippen LogP contribution in [0.25, 0.3) is 0 Å². The summed E-state index contributed by atoms with van der Waals surface area (Å²) in [6, 6.07) is 0. The van der Waals surface area contributed by atoms with Gasteiger partial charge in [0.05, 0.1) is 17.4 Å². The SMILES string of the molecule is CCCOC(=O)OCC(Cl)C(C)Cl. The Balaban J connectivity index is 3.46. The molecule has 0 fully saturated rings. The lowest BCUT2D eigenvalue weighted by Gasteiger charge is -2.11. The molecular formula is C8H14Cl2O3. The number of halogens is 2. The molecule has 0 aromatic heterocycles. The van der Waals surface area contributed by atoms with Gasteiger partial charge in [-0.25, -0.2) is 4.79 Å². The van der Waals surface area contributed by atoms with E-state index in [0.717, 1.165) is 6.42 Å². The Morgan fingerprint density at radius 3 is 2.46 bits per heavy atom. The minimum atomic E-state index is -0.690. The molecule has 0 aliphatic heterocycles. The molecule has 78 valence electrons. The lowest BCUT2D eigenvalue weighted by Crippen LogP contribution is -2.21. The summed E-state index contributed by atoms with van der Waals surface area (Å²) in [5.41, 5.74) is 0. The van der Waals surface area contributed by atoms with Gasteiger partial charge < -0.3 is 9.47 Å². The van der Waals surface area contributed by atoms with Gasteiger partial charge in [0.1, 0.15) is 6.61 Å². The Hall–Kier alpha value is -0.150. The molecule has 0 amide bonds. The van der Waals surface area contributed by atoms with Crippen LogP contribution in [0, 0.1) is 0 Å². The number of hydrogen-bond acceptors (Lipinski definition) is 3. The summed E-state index contributed by atoms with van der Waals surface area (Å²) in [5, 5.41) is -0.614. The molecule has 0 saturated heterocycles. The van der Waals surface area contributed by atoms with E-state index >= 15 is 0 Å². The zero-order valence-electron chi connectivity index (χ0n) is 7.76. The van der Waals surface area contributed by atoms with Crippen molar-refractivity contribution in [2.24, 2.45) is 0 Å². The van der Waals surface area contributed by atoms with Gasteiger partial charge in [0, 0.05) is 0 Å². The molecule has 2 atom stereocenters. The maximum atomic E-state index is 10.8. The van der Waals surface area contributed by atoms with Gasteiger partial charge in [-0.3, -0.25) is 0 Å². The van der Waals surface area contributed by atoms with Crippen LogP contribution in [0.15, 0.2) is 0 Å². The Kier molecular flexibility index (Phi) is 7.19. The van der Waals surface area contributed by atoms with E-state index in [2.05, 4.69) is 9.47 Å². The van der Waals surface area contributed by atoms with Crippen LogP contribution in [-0.2, 0) is 9.47 Å². The molecule has 0 aliphatic carbocycles. The first-order valence-electron chi connectivity index (χ1n) is 4.15. The van der Waals surface area contributed by atoms with Gasteiger partial charge in [0.25, 0.3) is 0 Å². The Labute approximate surface area is 88.3 Å². The number of ether oxygens (including phenoxy) is 2. The first kappa shape index (κ1) is 12.8. The molecule has 0 aromatic carbocycles. The van der Waals surface area contributed by atoms with Crippen molar-refractivity contribution in [3.63, 3.8) is 0 Å². The van der Waals surface area contributed by atoms with Gasteiger partial charge in [-0.15, -0.1) is 23.2 Å². The van der Waals surface area contributed by atoms with Crippen molar-refractivity contribution >= 4 is 29.4 Å². The number of hydrogen-bond donors (Lipinski definition) is 0. The van der Waals surface area contributed by atoms with Crippen molar-refractivity contribution in [2.45, 2.75) is 31.0 Å². The number of alkyl halides is 2. The monoisotopic (exact) mass is 228 g/mol. The van der Waals surface area contributed by atoms with E-state index < -0.39 is 6.16 Å². The minimum absolute atomic E-state index is 0.0781. The molecular weight excluding hydrogens is 215 g/mol. The Morgan fingerprint density at radius 1 is 1.38 bits per heavy atom. The van der Waals surface area contributed by atoms with Crippen LogP contribution < -0.4 is 0 Å². The van der Waals surface area contributed by atoms with Gasteiger partial charge in [-0.2, -0.15) is 0 Å². The first-order valence-corrected chi connectivity index (χ1v) is 5.03. The van der Waals surface area contributed by atoms with Gasteiger partial charge in [0.15, 0.2) is 0 Å². The molecule has 0 aliphatic rings. The molecule has 0 radical (unpaired) electrons. The topological polar surface area (TPSA) is 35.5 Å². The Bertz CT molecular complexity index is 150. The van der Waals surface area contributed by atoms with Crippen molar-refractivity contribution in [1.29, 1.82) is 0 Å². The average molecular weight is 229 g/mol. The van der Waals surface area contributed by atoms with Crippen molar-refractivity contribution < 1.29 is 14.3 Å². The zero-order chi connectivity index (χ0) is 10.3. The molecule has 0 heterocycles. The van der Waals surface area contributed by atoms with E-state index in [0.29, 0.717) is 6.61 Å². The fraction of sp³-hybridized carbons (Fsp3) is 0.875. The summed E-state index contributed by atoms with van der Waals surface area (Å²) in [6.45, 7) is 4.08. The highest BCUT2D eigenvalue weighted by Gasteiger charge is 2.14. The number of carbonyl (C=O) groups is 1. The maximum absolute atomic E-state index is 10.8. The Morgan fingerprint density at radius 2 is 2.00 bits per heavy atom. The van der Waals surface area contributed by atoms with E-state index in [1.165, 1.54) is 0 Å². The van der Waals surface area contributed by atoms with Crippen LogP contribution in [-0.4, -0.2) is 30.1 Å². The predicted molar refractivity (Wildman–Crippen MR) is 52.5 cm³/mol. The third kappa shape index (κ3) is 6.96. The van der Waals surface area contributed by atoms with E-state index in [1.807, 2.05) is 6.92 Å². The third-order valence-electron chi connectivity index (χ3n) is 1.28. The van der Waals surface area contributed by atoms with Gasteiger partial charge in [-0.1, -0.05) is 6.92 Å². The summed E-state index contributed by atoms with van der Waals surface area (Å²) in [7, 11) is 0. The smallest absolute Gasteiger partial charge is 0.434 e. The van der Waals surface area contributed by atoms with Crippen molar-refractivity contribution in [3.8, 4) is 0 Å². The quantitative estimate of drug-likeness (QED) is 0.537. The summed E-state index contributed by atoms with van der Waals surface area (Å²) in [5.74, 6) is 0. The van der Waals surface area contributed by atoms with E-state index in [1.54, 1.807) is 6.92 Å². The fourth-order valence-electron chi connectivity index (χ4n) is 0.507. The molecule has 0 N–H and O–H groups in total. The highest BCUT2D eigenvalue weighted by Crippen LogP contribution is 2.09. The van der Waals surface area contributed by atoms with Crippen LogP contribution in [0.2, 0.25) is 0 Å². The normalized spacial score (nSPS) is 14.8. The van der Waals surface area contributed by atoms with E-state index in [4.69, 9.17) is 23.2 Å². The van der Waals surface area contributed by atoms with E-state index in [-0.39, 0.29) is 17.4 Å². The van der Waals surface area contributed by atoms with Crippen LogP contribution in [0.4, 0.5) is 4.79 Å².